The van der Waals surface area contributed by atoms with E-state index in [0.717, 1.165) is 28.1 Å². The molecule has 0 atom stereocenters. The van der Waals surface area contributed by atoms with Gasteiger partial charge in [-0.05, 0) is 60.7 Å². The smallest absolute Gasteiger partial charge is 0.164 e. The Kier molecular flexibility index (Phi) is 6.06. The van der Waals surface area contributed by atoms with Gasteiger partial charge in [0.05, 0.1) is 16.6 Å². The maximum Gasteiger partial charge on any atom is 0.164 e. The van der Waals surface area contributed by atoms with Gasteiger partial charge in [0.25, 0.3) is 0 Å². The van der Waals surface area contributed by atoms with Crippen LogP contribution in [0.2, 0.25) is 0 Å². The maximum atomic E-state index is 4.92. The number of fused-ring (bicyclic) bond motifs is 4. The van der Waals surface area contributed by atoms with Crippen LogP contribution in [0, 0.1) is 0 Å². The molecule has 0 aliphatic rings. The molecule has 0 aliphatic heterocycles. The van der Waals surface area contributed by atoms with E-state index in [1.165, 1.54) is 32.7 Å². The van der Waals surface area contributed by atoms with Crippen LogP contribution in [0.3, 0.4) is 0 Å². The Balaban J connectivity index is 1.18. The van der Waals surface area contributed by atoms with Gasteiger partial charge in [-0.25, -0.2) is 15.0 Å². The highest BCUT2D eigenvalue weighted by atomic mass is 15.0. The van der Waals surface area contributed by atoms with Crippen LogP contribution in [0.25, 0.3) is 78.2 Å². The molecule has 216 valence electrons. The zero-order chi connectivity index (χ0) is 30.5. The first-order valence-corrected chi connectivity index (χ1v) is 15.4. The van der Waals surface area contributed by atoms with E-state index >= 15 is 0 Å². The monoisotopic (exact) mass is 589 g/mol. The van der Waals surface area contributed by atoms with Crippen molar-refractivity contribution < 1.29 is 0 Å². The molecule has 0 spiro atoms. The third-order valence-electron chi connectivity index (χ3n) is 8.60. The fraction of sp³-hybridized carbons (Fsp3) is 0. The average molecular weight is 590 g/mol. The fourth-order valence-electron chi connectivity index (χ4n) is 6.39. The Morgan fingerprint density at radius 3 is 1.54 bits per heavy atom. The molecule has 0 aliphatic carbocycles. The van der Waals surface area contributed by atoms with Crippen LogP contribution in [0.5, 0.6) is 0 Å². The highest BCUT2D eigenvalue weighted by Crippen LogP contribution is 2.36. The SMILES string of the molecule is c1ccc(-c2nc(-c3ccccc3)nc(-c3ccc(-n4c5ccccc5c5cc6c(ccn6-c6ccccc6)cc54)cc3)n2)cc1. The van der Waals surface area contributed by atoms with Crippen molar-refractivity contribution in [2.24, 2.45) is 0 Å². The summed E-state index contributed by atoms with van der Waals surface area (Å²) in [6.45, 7) is 0. The van der Waals surface area contributed by atoms with Crippen molar-refractivity contribution in [2.45, 2.75) is 0 Å². The Hall–Kier alpha value is -6.33. The number of rotatable bonds is 5. The van der Waals surface area contributed by atoms with E-state index in [9.17, 15) is 0 Å². The fourth-order valence-corrected chi connectivity index (χ4v) is 6.39. The van der Waals surface area contributed by atoms with E-state index in [1.54, 1.807) is 0 Å². The van der Waals surface area contributed by atoms with Crippen LogP contribution in [0.4, 0.5) is 0 Å². The lowest BCUT2D eigenvalue weighted by molar-refractivity contribution is 1.07. The molecule has 0 amide bonds. The summed E-state index contributed by atoms with van der Waals surface area (Å²) in [7, 11) is 0. The van der Waals surface area contributed by atoms with Gasteiger partial charge in [0.15, 0.2) is 17.5 Å². The predicted molar refractivity (Wildman–Crippen MR) is 187 cm³/mol. The summed E-state index contributed by atoms with van der Waals surface area (Å²) >= 11 is 0. The van der Waals surface area contributed by atoms with Gasteiger partial charge in [0.1, 0.15) is 0 Å². The molecule has 0 saturated heterocycles. The topological polar surface area (TPSA) is 48.5 Å². The van der Waals surface area contributed by atoms with Gasteiger partial charge in [0.2, 0.25) is 0 Å². The van der Waals surface area contributed by atoms with Crippen LogP contribution in [-0.2, 0) is 0 Å². The largest absolute Gasteiger partial charge is 0.317 e. The second-order valence-electron chi connectivity index (χ2n) is 11.4. The lowest BCUT2D eigenvalue weighted by Crippen LogP contribution is -2.00. The molecule has 9 aromatic rings. The zero-order valence-corrected chi connectivity index (χ0v) is 24.8. The Morgan fingerprint density at radius 1 is 0.370 bits per heavy atom. The number of hydrogen-bond donors (Lipinski definition) is 0. The summed E-state index contributed by atoms with van der Waals surface area (Å²) in [6, 6.07) is 54.7. The van der Waals surface area contributed by atoms with Crippen molar-refractivity contribution in [3.05, 3.63) is 164 Å². The molecule has 5 nitrogen and oxygen atoms in total. The lowest BCUT2D eigenvalue weighted by atomic mass is 10.1. The van der Waals surface area contributed by atoms with Crippen molar-refractivity contribution in [3.63, 3.8) is 0 Å². The molecule has 3 aromatic heterocycles. The minimum atomic E-state index is 0.644. The van der Waals surface area contributed by atoms with Crippen molar-refractivity contribution in [1.82, 2.24) is 24.1 Å². The number of aromatic nitrogens is 5. The molecular formula is C41H27N5. The van der Waals surface area contributed by atoms with Crippen molar-refractivity contribution in [3.8, 4) is 45.5 Å². The van der Waals surface area contributed by atoms with Gasteiger partial charge in [-0.1, -0.05) is 97.1 Å². The molecule has 0 saturated carbocycles. The van der Waals surface area contributed by atoms with Crippen molar-refractivity contribution in [1.29, 1.82) is 0 Å². The molecular weight excluding hydrogens is 562 g/mol. The maximum absolute atomic E-state index is 4.92. The van der Waals surface area contributed by atoms with Crippen LogP contribution < -0.4 is 0 Å². The van der Waals surface area contributed by atoms with E-state index < -0.39 is 0 Å². The van der Waals surface area contributed by atoms with Crippen molar-refractivity contribution in [2.75, 3.05) is 0 Å². The van der Waals surface area contributed by atoms with Crippen LogP contribution >= 0.6 is 0 Å². The Labute approximate surface area is 265 Å². The van der Waals surface area contributed by atoms with Crippen molar-refractivity contribution >= 4 is 32.7 Å². The minimum Gasteiger partial charge on any atom is -0.317 e. The first-order chi connectivity index (χ1) is 22.8. The highest BCUT2D eigenvalue weighted by molar-refractivity contribution is 6.13. The van der Waals surface area contributed by atoms with Gasteiger partial charge in [0, 0.05) is 50.4 Å². The molecule has 0 bridgehead atoms. The summed E-state index contributed by atoms with van der Waals surface area (Å²) in [5.74, 6) is 1.95. The molecule has 5 heteroatoms. The van der Waals surface area contributed by atoms with E-state index in [4.69, 9.17) is 15.0 Å². The lowest BCUT2D eigenvalue weighted by Gasteiger charge is -2.11. The number of nitrogens with zero attached hydrogens (tertiary/aromatic N) is 5. The highest BCUT2D eigenvalue weighted by Gasteiger charge is 2.16. The quantitative estimate of drug-likeness (QED) is 0.201. The van der Waals surface area contributed by atoms with Crippen LogP contribution in [0.15, 0.2) is 164 Å². The predicted octanol–water partition coefficient (Wildman–Crippen LogP) is 9.91. The molecule has 0 fully saturated rings. The normalized spacial score (nSPS) is 11.5. The third-order valence-corrected chi connectivity index (χ3v) is 8.60. The van der Waals surface area contributed by atoms with Crippen LogP contribution in [0.1, 0.15) is 0 Å². The van der Waals surface area contributed by atoms with Gasteiger partial charge in [-0.2, -0.15) is 0 Å². The van der Waals surface area contributed by atoms with E-state index in [2.05, 4.69) is 112 Å². The minimum absolute atomic E-state index is 0.644. The van der Waals surface area contributed by atoms with E-state index in [-0.39, 0.29) is 0 Å². The van der Waals surface area contributed by atoms with Gasteiger partial charge in [-0.15, -0.1) is 0 Å². The van der Waals surface area contributed by atoms with E-state index in [0.29, 0.717) is 17.5 Å². The summed E-state index contributed by atoms with van der Waals surface area (Å²) in [6.07, 6.45) is 2.16. The number of benzene rings is 6. The van der Waals surface area contributed by atoms with Gasteiger partial charge in [-0.3, -0.25) is 0 Å². The summed E-state index contributed by atoms with van der Waals surface area (Å²) in [5, 5.41) is 3.64. The number of para-hydroxylation sites is 2. The molecule has 6 aromatic carbocycles. The molecule has 0 N–H and O–H groups in total. The summed E-state index contributed by atoms with van der Waals surface area (Å²) in [4.78, 5) is 14.7. The second-order valence-corrected chi connectivity index (χ2v) is 11.4. The molecule has 0 unspecified atom stereocenters. The Bertz CT molecular complexity index is 2440. The van der Waals surface area contributed by atoms with Gasteiger partial charge >= 0.3 is 0 Å². The molecule has 9 rings (SSSR count). The third kappa shape index (κ3) is 4.37. The molecule has 46 heavy (non-hydrogen) atoms. The summed E-state index contributed by atoms with van der Waals surface area (Å²) < 4.78 is 4.61. The zero-order valence-electron chi connectivity index (χ0n) is 24.8. The first kappa shape index (κ1) is 26.1. The van der Waals surface area contributed by atoms with Gasteiger partial charge < -0.3 is 9.13 Å². The standard InChI is InChI=1S/C41H27N5/c1-4-12-28(13-5-1)39-42-40(29-14-6-2-7-15-29)44-41(43-39)30-20-22-33(23-21-30)46-36-19-11-10-18-34(36)35-27-37-31(26-38(35)46)24-25-45(37)32-16-8-3-9-17-32/h1-27H. The molecule has 3 heterocycles. The summed E-state index contributed by atoms with van der Waals surface area (Å²) in [5.41, 5.74) is 8.61. The van der Waals surface area contributed by atoms with Crippen LogP contribution in [-0.4, -0.2) is 24.1 Å². The first-order valence-electron chi connectivity index (χ1n) is 15.4. The average Bonchev–Trinajstić information content (AvgIpc) is 3.70. The van der Waals surface area contributed by atoms with E-state index in [1.807, 2.05) is 60.7 Å². The second kappa shape index (κ2) is 10.7. The number of hydrogen-bond acceptors (Lipinski definition) is 3. The Morgan fingerprint density at radius 2 is 0.913 bits per heavy atom. The molecule has 0 radical (unpaired) electrons.